The number of hydrogen-bond acceptors (Lipinski definition) is 11. The summed E-state index contributed by atoms with van der Waals surface area (Å²) in [7, 11) is 0. The predicted molar refractivity (Wildman–Crippen MR) is 108 cm³/mol. The van der Waals surface area contributed by atoms with Gasteiger partial charge in [-0.2, -0.15) is 4.98 Å². The maximum Gasteiger partial charge on any atom is 0.351 e. The molecule has 0 aliphatic carbocycles. The van der Waals surface area contributed by atoms with E-state index in [1.165, 1.54) is 24.4 Å². The van der Waals surface area contributed by atoms with Crippen LogP contribution < -0.4 is 11.2 Å². The SMILES string of the molecule is CC(C)C(=O)OC[C@H]1O[C@@H](n2ccc(NO)nc2=O)[C@@H]2OC(=O)c3ccccc3C(=O)O[C@@H]21. The van der Waals surface area contributed by atoms with E-state index in [2.05, 4.69) is 4.98 Å². The highest BCUT2D eigenvalue weighted by atomic mass is 16.7. The fourth-order valence-corrected chi connectivity index (χ4v) is 3.55. The zero-order valence-corrected chi connectivity index (χ0v) is 17.7. The average Bonchev–Trinajstić information content (AvgIpc) is 3.12. The molecule has 4 atom stereocenters. The van der Waals surface area contributed by atoms with Crippen LogP contribution in [-0.4, -0.2) is 57.6 Å². The molecule has 1 saturated heterocycles. The van der Waals surface area contributed by atoms with Crippen LogP contribution in [0.15, 0.2) is 41.3 Å². The van der Waals surface area contributed by atoms with Crippen LogP contribution in [0.4, 0.5) is 5.82 Å². The van der Waals surface area contributed by atoms with Crippen molar-refractivity contribution in [3.05, 3.63) is 58.1 Å². The van der Waals surface area contributed by atoms with Crippen molar-refractivity contribution in [2.45, 2.75) is 38.4 Å². The number of fused-ring (bicyclic) bond motifs is 2. The molecule has 0 radical (unpaired) electrons. The van der Waals surface area contributed by atoms with E-state index >= 15 is 0 Å². The topological polar surface area (TPSA) is 155 Å². The van der Waals surface area contributed by atoms with Crippen LogP contribution in [0, 0.1) is 5.92 Å². The van der Waals surface area contributed by atoms with Gasteiger partial charge in [0.2, 0.25) is 0 Å². The largest absolute Gasteiger partial charge is 0.463 e. The van der Waals surface area contributed by atoms with E-state index < -0.39 is 54.1 Å². The quantitative estimate of drug-likeness (QED) is 0.372. The summed E-state index contributed by atoms with van der Waals surface area (Å²) in [5.74, 6) is -2.61. The Bertz CT molecular complexity index is 1150. The third-order valence-electron chi connectivity index (χ3n) is 5.22. The van der Waals surface area contributed by atoms with Gasteiger partial charge >= 0.3 is 23.6 Å². The Hall–Kier alpha value is -3.77. The van der Waals surface area contributed by atoms with Gasteiger partial charge in [0.05, 0.1) is 17.0 Å². The Morgan fingerprint density at radius 3 is 2.33 bits per heavy atom. The maximum absolute atomic E-state index is 12.9. The molecular formula is C21H21N3O9. The Kier molecular flexibility index (Phi) is 6.11. The van der Waals surface area contributed by atoms with Gasteiger partial charge in [0, 0.05) is 6.20 Å². The number of benzene rings is 1. The van der Waals surface area contributed by atoms with Crippen molar-refractivity contribution in [1.82, 2.24) is 9.55 Å². The molecule has 2 aromatic rings. The van der Waals surface area contributed by atoms with Gasteiger partial charge in [-0.25, -0.2) is 14.4 Å². The smallest absolute Gasteiger partial charge is 0.351 e. The van der Waals surface area contributed by atoms with Crippen molar-refractivity contribution < 1.29 is 38.5 Å². The molecule has 12 heteroatoms. The second kappa shape index (κ2) is 9.00. The fraction of sp³-hybridized carbons (Fsp3) is 0.381. The van der Waals surface area contributed by atoms with Crippen LogP contribution in [0.3, 0.4) is 0 Å². The van der Waals surface area contributed by atoms with E-state index in [4.69, 9.17) is 24.2 Å². The molecule has 1 aromatic carbocycles. The zero-order valence-electron chi connectivity index (χ0n) is 17.7. The molecule has 0 bridgehead atoms. The van der Waals surface area contributed by atoms with Gasteiger partial charge in [0.25, 0.3) is 0 Å². The molecular weight excluding hydrogens is 438 g/mol. The second-order valence-corrected chi connectivity index (χ2v) is 7.75. The van der Waals surface area contributed by atoms with Crippen molar-refractivity contribution in [1.29, 1.82) is 0 Å². The highest BCUT2D eigenvalue weighted by molar-refractivity contribution is 6.03. The molecule has 0 amide bonds. The number of carbonyl (C=O) groups excluding carboxylic acids is 3. The van der Waals surface area contributed by atoms with Gasteiger partial charge < -0.3 is 18.9 Å². The van der Waals surface area contributed by atoms with E-state index in [0.29, 0.717) is 0 Å². The van der Waals surface area contributed by atoms with E-state index in [9.17, 15) is 19.2 Å². The Morgan fingerprint density at radius 2 is 1.76 bits per heavy atom. The van der Waals surface area contributed by atoms with Gasteiger partial charge in [-0.1, -0.05) is 26.0 Å². The molecule has 12 nitrogen and oxygen atoms in total. The van der Waals surface area contributed by atoms with Crippen LogP contribution in [0.5, 0.6) is 0 Å². The Labute approximate surface area is 187 Å². The second-order valence-electron chi connectivity index (χ2n) is 7.75. The summed E-state index contributed by atoms with van der Waals surface area (Å²) in [6, 6.07) is 7.28. The molecule has 2 aliphatic rings. The molecule has 2 aliphatic heterocycles. The first-order valence-electron chi connectivity index (χ1n) is 10.1. The Balaban J connectivity index is 1.72. The number of aromatic nitrogens is 2. The number of hydrogen-bond donors (Lipinski definition) is 2. The highest BCUT2D eigenvalue weighted by Gasteiger charge is 2.52. The summed E-state index contributed by atoms with van der Waals surface area (Å²) in [4.78, 5) is 53.8. The summed E-state index contributed by atoms with van der Waals surface area (Å²) in [5, 5.41) is 8.97. The molecule has 0 unspecified atom stereocenters. The maximum atomic E-state index is 12.9. The predicted octanol–water partition coefficient (Wildman–Crippen LogP) is 0.906. The number of carbonyl (C=O) groups is 3. The minimum Gasteiger partial charge on any atom is -0.463 e. The van der Waals surface area contributed by atoms with Crippen molar-refractivity contribution in [2.24, 2.45) is 5.92 Å². The highest BCUT2D eigenvalue weighted by Crippen LogP contribution is 2.36. The molecule has 33 heavy (non-hydrogen) atoms. The summed E-state index contributed by atoms with van der Waals surface area (Å²) in [6.07, 6.45) is -3.44. The lowest BCUT2D eigenvalue weighted by Gasteiger charge is -2.27. The molecule has 1 fully saturated rings. The zero-order chi connectivity index (χ0) is 23.7. The van der Waals surface area contributed by atoms with Crippen LogP contribution in [-0.2, 0) is 23.7 Å². The fourth-order valence-electron chi connectivity index (χ4n) is 3.55. The molecule has 0 spiro atoms. The minimum absolute atomic E-state index is 0.000291. The normalized spacial score (nSPS) is 24.1. The average molecular weight is 459 g/mol. The molecule has 0 saturated carbocycles. The van der Waals surface area contributed by atoms with Crippen LogP contribution in [0.2, 0.25) is 0 Å². The van der Waals surface area contributed by atoms with Crippen molar-refractivity contribution >= 4 is 23.7 Å². The molecule has 4 rings (SSSR count). The van der Waals surface area contributed by atoms with Crippen LogP contribution in [0.25, 0.3) is 0 Å². The number of esters is 3. The van der Waals surface area contributed by atoms with Crippen molar-refractivity contribution in [3.63, 3.8) is 0 Å². The Morgan fingerprint density at radius 1 is 1.12 bits per heavy atom. The lowest BCUT2D eigenvalue weighted by Crippen LogP contribution is -2.44. The number of ether oxygens (including phenoxy) is 4. The van der Waals surface area contributed by atoms with E-state index in [-0.39, 0.29) is 23.6 Å². The third-order valence-corrected chi connectivity index (χ3v) is 5.22. The van der Waals surface area contributed by atoms with Crippen LogP contribution in [0.1, 0.15) is 40.8 Å². The van der Waals surface area contributed by atoms with Gasteiger partial charge in [-0.05, 0) is 18.2 Å². The number of anilines is 1. The lowest BCUT2D eigenvalue weighted by molar-refractivity contribution is -0.153. The summed E-state index contributed by atoms with van der Waals surface area (Å²) < 4.78 is 23.4. The molecule has 2 N–H and O–H groups in total. The third kappa shape index (κ3) is 4.30. The van der Waals surface area contributed by atoms with Gasteiger partial charge in [0.1, 0.15) is 12.7 Å². The number of nitrogens with zero attached hydrogens (tertiary/aromatic N) is 2. The molecule has 1 aromatic heterocycles. The summed E-state index contributed by atoms with van der Waals surface area (Å²) >= 11 is 0. The lowest BCUT2D eigenvalue weighted by atomic mass is 10.0. The van der Waals surface area contributed by atoms with Gasteiger partial charge in [-0.15, -0.1) is 0 Å². The first kappa shape index (κ1) is 22.4. The summed E-state index contributed by atoms with van der Waals surface area (Å²) in [5.41, 5.74) is 0.941. The monoisotopic (exact) mass is 459 g/mol. The number of nitrogens with one attached hydrogen (secondary N) is 1. The first-order chi connectivity index (χ1) is 15.8. The standard InChI is InChI=1S/C21H21N3O9/c1-10(2)18(25)30-9-13-15-16(17(31-13)24-8-7-14(23-29)22-21(24)28)33-20(27)12-6-4-3-5-11(12)19(26)32-15/h3-8,10,13,15-17,29H,9H2,1-2H3,(H,22,23,28)/t13-,15-,16-,17-/m1/s1. The minimum atomic E-state index is -1.25. The van der Waals surface area contributed by atoms with E-state index in [0.717, 1.165) is 4.57 Å². The summed E-state index contributed by atoms with van der Waals surface area (Å²) in [6.45, 7) is 3.00. The van der Waals surface area contributed by atoms with Gasteiger partial charge in [-0.3, -0.25) is 20.0 Å². The van der Waals surface area contributed by atoms with Crippen molar-refractivity contribution in [2.75, 3.05) is 12.1 Å². The van der Waals surface area contributed by atoms with Crippen LogP contribution >= 0.6 is 0 Å². The number of rotatable bonds is 5. The molecule has 3 heterocycles. The molecule has 174 valence electrons. The van der Waals surface area contributed by atoms with E-state index in [1.54, 1.807) is 31.5 Å². The first-order valence-corrected chi connectivity index (χ1v) is 10.1. The van der Waals surface area contributed by atoms with E-state index in [1.807, 2.05) is 0 Å². The van der Waals surface area contributed by atoms with Gasteiger partial charge in [0.15, 0.2) is 24.3 Å². The van der Waals surface area contributed by atoms with Crippen molar-refractivity contribution in [3.8, 4) is 0 Å².